The number of nitrogens with zero attached hydrogens (tertiary/aromatic N) is 4. The first-order valence-corrected chi connectivity index (χ1v) is 8.44. The molecule has 7 heteroatoms. The summed E-state index contributed by atoms with van der Waals surface area (Å²) < 4.78 is 1.57. The highest BCUT2D eigenvalue weighted by molar-refractivity contribution is 7.10. The van der Waals surface area contributed by atoms with Crippen molar-refractivity contribution < 1.29 is 4.79 Å². The van der Waals surface area contributed by atoms with Gasteiger partial charge in [-0.3, -0.25) is 9.69 Å². The van der Waals surface area contributed by atoms with Crippen LogP contribution in [0.1, 0.15) is 30.3 Å². The molecule has 0 saturated carbocycles. The van der Waals surface area contributed by atoms with Crippen LogP contribution in [0, 0.1) is 0 Å². The Bertz CT molecular complexity index is 624. The van der Waals surface area contributed by atoms with E-state index in [0.29, 0.717) is 12.6 Å². The van der Waals surface area contributed by atoms with Gasteiger partial charge in [0, 0.05) is 30.6 Å². The number of nitrogens with one attached hydrogen (secondary N) is 1. The zero-order chi connectivity index (χ0) is 15.5. The molecule has 0 saturated heterocycles. The van der Waals surface area contributed by atoms with Crippen molar-refractivity contribution in [1.29, 1.82) is 0 Å². The average molecular weight is 319 g/mol. The van der Waals surface area contributed by atoms with Crippen LogP contribution in [0.15, 0.2) is 24.1 Å². The van der Waals surface area contributed by atoms with Gasteiger partial charge in [-0.2, -0.15) is 5.10 Å². The molecule has 0 radical (unpaired) electrons. The molecule has 0 aliphatic carbocycles. The minimum atomic E-state index is -0.334. The van der Waals surface area contributed by atoms with E-state index in [9.17, 15) is 4.79 Å². The minimum Gasteiger partial charge on any atom is -0.353 e. The third kappa shape index (κ3) is 3.20. The summed E-state index contributed by atoms with van der Waals surface area (Å²) in [7, 11) is 0. The Labute approximate surface area is 134 Å². The maximum absolute atomic E-state index is 12.2. The molecule has 0 unspecified atom stereocenters. The topological polar surface area (TPSA) is 63.1 Å². The molecule has 0 spiro atoms. The van der Waals surface area contributed by atoms with Crippen molar-refractivity contribution in [1.82, 2.24) is 25.0 Å². The van der Waals surface area contributed by atoms with Crippen molar-refractivity contribution in [2.24, 2.45) is 0 Å². The van der Waals surface area contributed by atoms with E-state index in [0.717, 1.165) is 19.5 Å². The molecular formula is C15H21N5OS. The Morgan fingerprint density at radius 2 is 2.36 bits per heavy atom. The van der Waals surface area contributed by atoms with Gasteiger partial charge in [-0.25, -0.2) is 9.67 Å². The van der Waals surface area contributed by atoms with Crippen molar-refractivity contribution in [3.05, 3.63) is 34.5 Å². The molecule has 0 aromatic carbocycles. The number of hydrogen-bond donors (Lipinski definition) is 1. The fraction of sp³-hybridized carbons (Fsp3) is 0.533. The maximum Gasteiger partial charge on any atom is 0.244 e. The lowest BCUT2D eigenvalue weighted by Gasteiger charge is -2.32. The number of rotatable bonds is 5. The maximum atomic E-state index is 12.2. The van der Waals surface area contributed by atoms with Gasteiger partial charge in [0.15, 0.2) is 0 Å². The smallest absolute Gasteiger partial charge is 0.244 e. The molecule has 1 aliphatic rings. The van der Waals surface area contributed by atoms with Crippen LogP contribution >= 0.6 is 11.3 Å². The number of aromatic nitrogens is 3. The summed E-state index contributed by atoms with van der Waals surface area (Å²) in [5.74, 6) is -0.0226. The quantitative estimate of drug-likeness (QED) is 0.906. The van der Waals surface area contributed by atoms with Gasteiger partial charge < -0.3 is 5.32 Å². The van der Waals surface area contributed by atoms with E-state index in [1.807, 2.05) is 18.3 Å². The van der Waals surface area contributed by atoms with Crippen LogP contribution in [-0.4, -0.2) is 44.7 Å². The summed E-state index contributed by atoms with van der Waals surface area (Å²) in [5, 5.41) is 9.19. The molecule has 1 N–H and O–H groups in total. The highest BCUT2D eigenvalue weighted by Gasteiger charge is 2.22. The minimum absolute atomic E-state index is 0.0226. The molecule has 2 aromatic heterocycles. The first kappa shape index (κ1) is 15.2. The standard InChI is InChI=1S/C15H21N5OS/c1-11(19-5-3-14-13(8-19)4-6-22-14)7-17-15(21)12(2)20-10-16-9-18-20/h4,6,9-12H,3,5,7-8H2,1-2H3,(H,17,21)/t11-,12-/m1/s1. The molecule has 3 heterocycles. The molecular weight excluding hydrogens is 298 g/mol. The summed E-state index contributed by atoms with van der Waals surface area (Å²) in [4.78, 5) is 20.0. The molecule has 22 heavy (non-hydrogen) atoms. The second-order valence-electron chi connectivity index (χ2n) is 5.74. The van der Waals surface area contributed by atoms with E-state index < -0.39 is 0 Å². The van der Waals surface area contributed by atoms with Crippen LogP contribution in [0.2, 0.25) is 0 Å². The van der Waals surface area contributed by atoms with Crippen molar-refractivity contribution in [3.63, 3.8) is 0 Å². The van der Waals surface area contributed by atoms with Crippen LogP contribution in [0.5, 0.6) is 0 Å². The van der Waals surface area contributed by atoms with Gasteiger partial charge >= 0.3 is 0 Å². The summed E-state index contributed by atoms with van der Waals surface area (Å²) in [6.45, 7) is 6.68. The van der Waals surface area contributed by atoms with Gasteiger partial charge in [-0.15, -0.1) is 11.3 Å². The molecule has 6 nitrogen and oxygen atoms in total. The Morgan fingerprint density at radius 1 is 1.50 bits per heavy atom. The molecule has 3 rings (SSSR count). The predicted molar refractivity (Wildman–Crippen MR) is 85.6 cm³/mol. The second kappa shape index (κ2) is 6.58. The summed E-state index contributed by atoms with van der Waals surface area (Å²) in [5.41, 5.74) is 1.44. The molecule has 0 bridgehead atoms. The molecule has 2 atom stereocenters. The van der Waals surface area contributed by atoms with Gasteiger partial charge in [-0.1, -0.05) is 0 Å². The highest BCUT2D eigenvalue weighted by atomic mass is 32.1. The highest BCUT2D eigenvalue weighted by Crippen LogP contribution is 2.24. The first-order valence-electron chi connectivity index (χ1n) is 7.56. The van der Waals surface area contributed by atoms with Gasteiger partial charge in [0.2, 0.25) is 5.91 Å². The second-order valence-corrected chi connectivity index (χ2v) is 6.74. The van der Waals surface area contributed by atoms with Gasteiger partial charge in [0.05, 0.1) is 0 Å². The van der Waals surface area contributed by atoms with Gasteiger partial charge in [-0.05, 0) is 37.3 Å². The third-order valence-corrected chi connectivity index (χ3v) is 5.27. The van der Waals surface area contributed by atoms with Gasteiger partial charge in [0.25, 0.3) is 0 Å². The number of hydrogen-bond acceptors (Lipinski definition) is 5. The lowest BCUT2D eigenvalue weighted by atomic mass is 10.1. The summed E-state index contributed by atoms with van der Waals surface area (Å²) in [6.07, 6.45) is 4.12. The van der Waals surface area contributed by atoms with Gasteiger partial charge in [0.1, 0.15) is 18.7 Å². The Morgan fingerprint density at radius 3 is 3.14 bits per heavy atom. The average Bonchev–Trinajstić information content (AvgIpc) is 3.21. The Kier molecular flexibility index (Phi) is 4.54. The monoisotopic (exact) mass is 319 g/mol. The predicted octanol–water partition coefficient (Wildman–Crippen LogP) is 1.46. The number of amides is 1. The van der Waals surface area contributed by atoms with Crippen LogP contribution < -0.4 is 5.32 Å². The fourth-order valence-electron chi connectivity index (χ4n) is 2.71. The zero-order valence-electron chi connectivity index (χ0n) is 12.9. The zero-order valence-corrected chi connectivity index (χ0v) is 13.7. The number of carbonyl (C=O) groups excluding carboxylic acids is 1. The number of fused-ring (bicyclic) bond motifs is 1. The normalized spacial score (nSPS) is 17.7. The third-order valence-electron chi connectivity index (χ3n) is 4.25. The van der Waals surface area contributed by atoms with E-state index in [1.54, 1.807) is 11.0 Å². The molecule has 1 amide bonds. The molecule has 2 aromatic rings. The van der Waals surface area contributed by atoms with E-state index >= 15 is 0 Å². The van der Waals surface area contributed by atoms with Crippen molar-refractivity contribution in [2.45, 2.75) is 38.9 Å². The lowest BCUT2D eigenvalue weighted by molar-refractivity contribution is -0.124. The van der Waals surface area contributed by atoms with Crippen LogP contribution in [0.25, 0.3) is 0 Å². The first-order chi connectivity index (χ1) is 10.6. The molecule has 0 fully saturated rings. The number of carbonyl (C=O) groups is 1. The van der Waals surface area contributed by atoms with Crippen LogP contribution in [0.3, 0.4) is 0 Å². The fourth-order valence-corrected chi connectivity index (χ4v) is 3.60. The molecule has 1 aliphatic heterocycles. The van der Waals surface area contributed by atoms with E-state index in [2.05, 4.69) is 38.7 Å². The van der Waals surface area contributed by atoms with E-state index in [-0.39, 0.29) is 11.9 Å². The Hall–Kier alpha value is -1.73. The van der Waals surface area contributed by atoms with Crippen LogP contribution in [0.4, 0.5) is 0 Å². The van der Waals surface area contributed by atoms with Crippen molar-refractivity contribution >= 4 is 17.2 Å². The SMILES string of the molecule is C[C@H](CNC(=O)[C@@H](C)n1cncn1)N1CCc2sccc2C1. The van der Waals surface area contributed by atoms with E-state index in [1.165, 1.54) is 16.8 Å². The summed E-state index contributed by atoms with van der Waals surface area (Å²) >= 11 is 1.85. The van der Waals surface area contributed by atoms with E-state index in [4.69, 9.17) is 0 Å². The molecule has 118 valence electrons. The largest absolute Gasteiger partial charge is 0.353 e. The lowest BCUT2D eigenvalue weighted by Crippen LogP contribution is -2.45. The summed E-state index contributed by atoms with van der Waals surface area (Å²) in [6, 6.07) is 2.20. The van der Waals surface area contributed by atoms with Crippen LogP contribution in [-0.2, 0) is 17.8 Å². The van der Waals surface area contributed by atoms with Crippen molar-refractivity contribution in [2.75, 3.05) is 13.1 Å². The Balaban J connectivity index is 1.50. The number of thiophene rings is 1. The van der Waals surface area contributed by atoms with Crippen molar-refractivity contribution in [3.8, 4) is 0 Å².